The van der Waals surface area contributed by atoms with Gasteiger partial charge in [0.1, 0.15) is 18.9 Å². The number of rotatable bonds is 8. The first kappa shape index (κ1) is 25.1. The highest BCUT2D eigenvalue weighted by molar-refractivity contribution is 7.10. The minimum Gasteiger partial charge on any atom is -0.491 e. The van der Waals surface area contributed by atoms with E-state index in [1.807, 2.05) is 49.9 Å². The van der Waals surface area contributed by atoms with Gasteiger partial charge in [0.2, 0.25) is 12.7 Å². The lowest BCUT2D eigenvalue weighted by Gasteiger charge is -2.37. The van der Waals surface area contributed by atoms with Gasteiger partial charge in [0.25, 0.3) is 5.91 Å². The molecule has 1 aromatic heterocycles. The van der Waals surface area contributed by atoms with E-state index in [4.69, 9.17) is 14.2 Å². The van der Waals surface area contributed by atoms with Crippen LogP contribution < -0.4 is 14.2 Å². The molecule has 0 radical (unpaired) electrons. The van der Waals surface area contributed by atoms with Crippen LogP contribution >= 0.6 is 11.3 Å². The fraction of sp³-hybridized carbons (Fsp3) is 0.379. The van der Waals surface area contributed by atoms with E-state index in [0.717, 1.165) is 17.7 Å². The van der Waals surface area contributed by atoms with Crippen LogP contribution in [-0.2, 0) is 11.2 Å². The SMILES string of the molecule is Cc1ccc(OC[C@@H]2c3ccsc3CCN2C(=O)CN(CC(C)C)C(=O)c2ccc3c(c2)OCO3)cc1. The summed E-state index contributed by atoms with van der Waals surface area (Å²) in [6, 6.07) is 15.0. The molecule has 0 fully saturated rings. The standard InChI is InChI=1S/C29H32N2O5S/c1-19(2)15-30(29(33)21-6-9-25-26(14-21)36-18-35-25)16-28(32)31-12-10-27-23(11-13-37-27)24(31)17-34-22-7-4-20(3)5-8-22/h4-9,11,13-14,19,24H,10,12,15-18H2,1-3H3/t24-/m1/s1. The first-order valence-electron chi connectivity index (χ1n) is 12.6. The second-order valence-corrected chi connectivity index (χ2v) is 10.9. The van der Waals surface area contributed by atoms with E-state index in [9.17, 15) is 9.59 Å². The Morgan fingerprint density at radius 3 is 2.68 bits per heavy atom. The molecule has 3 heterocycles. The third-order valence-electron chi connectivity index (χ3n) is 6.66. The number of thiophene rings is 1. The Hall–Kier alpha value is -3.52. The van der Waals surface area contributed by atoms with Gasteiger partial charge < -0.3 is 24.0 Å². The Bertz CT molecular complexity index is 1270. The van der Waals surface area contributed by atoms with Crippen LogP contribution in [0.2, 0.25) is 0 Å². The number of fused-ring (bicyclic) bond motifs is 2. The zero-order valence-corrected chi connectivity index (χ0v) is 22.3. The summed E-state index contributed by atoms with van der Waals surface area (Å²) in [7, 11) is 0. The highest BCUT2D eigenvalue weighted by Crippen LogP contribution is 2.35. The molecule has 2 aliphatic rings. The third kappa shape index (κ3) is 5.59. The maximum absolute atomic E-state index is 13.7. The average molecular weight is 521 g/mol. The number of carbonyl (C=O) groups is 2. The first-order valence-corrected chi connectivity index (χ1v) is 13.5. The minimum absolute atomic E-state index is 0.00591. The molecule has 8 heteroatoms. The molecule has 0 N–H and O–H groups in total. The summed E-state index contributed by atoms with van der Waals surface area (Å²) in [5.41, 5.74) is 2.78. The minimum atomic E-state index is -0.203. The van der Waals surface area contributed by atoms with Crippen molar-refractivity contribution in [3.8, 4) is 17.2 Å². The van der Waals surface area contributed by atoms with Crippen molar-refractivity contribution in [2.75, 3.05) is 33.0 Å². The highest BCUT2D eigenvalue weighted by Gasteiger charge is 2.34. The summed E-state index contributed by atoms with van der Waals surface area (Å²) < 4.78 is 17.0. The van der Waals surface area contributed by atoms with Crippen LogP contribution in [0.3, 0.4) is 0 Å². The molecule has 0 aliphatic carbocycles. The van der Waals surface area contributed by atoms with E-state index in [-0.39, 0.29) is 37.1 Å². The molecule has 0 saturated heterocycles. The average Bonchev–Trinajstić information content (AvgIpc) is 3.56. The number of amides is 2. The van der Waals surface area contributed by atoms with E-state index in [1.165, 1.54) is 10.4 Å². The van der Waals surface area contributed by atoms with Gasteiger partial charge in [0, 0.05) is 23.5 Å². The van der Waals surface area contributed by atoms with Crippen molar-refractivity contribution in [2.24, 2.45) is 5.92 Å². The van der Waals surface area contributed by atoms with Crippen molar-refractivity contribution < 1.29 is 23.8 Å². The topological polar surface area (TPSA) is 68.3 Å². The summed E-state index contributed by atoms with van der Waals surface area (Å²) in [5, 5.41) is 2.08. The summed E-state index contributed by atoms with van der Waals surface area (Å²) in [5.74, 6) is 1.89. The van der Waals surface area contributed by atoms with Gasteiger partial charge in [-0.3, -0.25) is 9.59 Å². The van der Waals surface area contributed by atoms with E-state index in [1.54, 1.807) is 34.4 Å². The van der Waals surface area contributed by atoms with Crippen LogP contribution in [0, 0.1) is 12.8 Å². The fourth-order valence-electron chi connectivity index (χ4n) is 4.81. The van der Waals surface area contributed by atoms with Gasteiger partial charge >= 0.3 is 0 Å². The molecule has 3 aromatic rings. The lowest BCUT2D eigenvalue weighted by molar-refractivity contribution is -0.135. The van der Waals surface area contributed by atoms with Gasteiger partial charge in [-0.2, -0.15) is 0 Å². The smallest absolute Gasteiger partial charge is 0.254 e. The Labute approximate surface area is 221 Å². The Kier molecular flexibility index (Phi) is 7.37. The van der Waals surface area contributed by atoms with Gasteiger partial charge in [0.15, 0.2) is 11.5 Å². The van der Waals surface area contributed by atoms with Crippen LogP contribution in [0.1, 0.15) is 46.3 Å². The van der Waals surface area contributed by atoms with Crippen molar-refractivity contribution in [1.82, 2.24) is 9.80 Å². The van der Waals surface area contributed by atoms with Gasteiger partial charge in [-0.15, -0.1) is 11.3 Å². The van der Waals surface area contributed by atoms with Crippen LogP contribution in [0.15, 0.2) is 53.9 Å². The quantitative estimate of drug-likeness (QED) is 0.414. The molecule has 37 heavy (non-hydrogen) atoms. The van der Waals surface area contributed by atoms with Gasteiger partial charge in [-0.25, -0.2) is 0 Å². The molecular weight excluding hydrogens is 488 g/mol. The second-order valence-electron chi connectivity index (χ2n) is 9.92. The largest absolute Gasteiger partial charge is 0.491 e. The molecule has 2 amide bonds. The number of ether oxygens (including phenoxy) is 3. The molecule has 0 bridgehead atoms. The summed E-state index contributed by atoms with van der Waals surface area (Å²) >= 11 is 1.72. The number of nitrogens with zero attached hydrogens (tertiary/aromatic N) is 2. The Morgan fingerprint density at radius 2 is 1.89 bits per heavy atom. The fourth-order valence-corrected chi connectivity index (χ4v) is 5.74. The zero-order chi connectivity index (χ0) is 25.9. The maximum atomic E-state index is 13.7. The summed E-state index contributed by atoms with van der Waals surface area (Å²) in [4.78, 5) is 32.1. The lowest BCUT2D eigenvalue weighted by Crippen LogP contribution is -2.48. The molecule has 2 aromatic carbocycles. The summed E-state index contributed by atoms with van der Waals surface area (Å²) in [6.07, 6.45) is 0.806. The molecule has 0 spiro atoms. The van der Waals surface area contributed by atoms with Crippen LogP contribution in [-0.4, -0.2) is 54.6 Å². The molecule has 1 atom stereocenters. The van der Waals surface area contributed by atoms with Crippen LogP contribution in [0.25, 0.3) is 0 Å². The number of benzene rings is 2. The second kappa shape index (κ2) is 10.8. The number of hydrogen-bond donors (Lipinski definition) is 0. The number of hydrogen-bond acceptors (Lipinski definition) is 6. The van der Waals surface area contributed by atoms with E-state index >= 15 is 0 Å². The molecule has 194 valence electrons. The van der Waals surface area contributed by atoms with Gasteiger partial charge in [-0.1, -0.05) is 31.5 Å². The number of aryl methyl sites for hydroxylation is 1. The zero-order valence-electron chi connectivity index (χ0n) is 21.4. The van der Waals surface area contributed by atoms with Crippen LogP contribution in [0.5, 0.6) is 17.2 Å². The Morgan fingerprint density at radius 1 is 1.11 bits per heavy atom. The van der Waals surface area contributed by atoms with E-state index < -0.39 is 0 Å². The predicted molar refractivity (Wildman–Crippen MR) is 142 cm³/mol. The van der Waals surface area contributed by atoms with E-state index in [0.29, 0.717) is 36.8 Å². The van der Waals surface area contributed by atoms with Gasteiger partial charge in [0.05, 0.1) is 6.04 Å². The molecule has 0 saturated carbocycles. The molecule has 5 rings (SSSR count). The monoisotopic (exact) mass is 520 g/mol. The lowest BCUT2D eigenvalue weighted by atomic mass is 10.00. The van der Waals surface area contributed by atoms with Crippen molar-refractivity contribution in [2.45, 2.75) is 33.2 Å². The third-order valence-corrected chi connectivity index (χ3v) is 7.66. The number of carbonyl (C=O) groups excluding carboxylic acids is 2. The van der Waals surface area contributed by atoms with Crippen molar-refractivity contribution >= 4 is 23.2 Å². The molecule has 0 unspecified atom stereocenters. The molecular formula is C29H32N2O5S. The normalized spacial score (nSPS) is 16.0. The highest BCUT2D eigenvalue weighted by atomic mass is 32.1. The van der Waals surface area contributed by atoms with E-state index in [2.05, 4.69) is 11.4 Å². The van der Waals surface area contributed by atoms with Crippen molar-refractivity contribution in [1.29, 1.82) is 0 Å². The van der Waals surface area contributed by atoms with Crippen molar-refractivity contribution in [3.63, 3.8) is 0 Å². The van der Waals surface area contributed by atoms with Crippen LogP contribution in [0.4, 0.5) is 0 Å². The molecule has 2 aliphatic heterocycles. The predicted octanol–water partition coefficient (Wildman–Crippen LogP) is 5.09. The maximum Gasteiger partial charge on any atom is 0.254 e. The Balaban J connectivity index is 1.34. The molecule has 7 nitrogen and oxygen atoms in total. The van der Waals surface area contributed by atoms with Crippen molar-refractivity contribution in [3.05, 3.63) is 75.5 Å². The first-order chi connectivity index (χ1) is 17.9. The van der Waals surface area contributed by atoms with Gasteiger partial charge in [-0.05, 0) is 66.6 Å². The summed E-state index contributed by atoms with van der Waals surface area (Å²) in [6.45, 7) is 7.71.